The van der Waals surface area contributed by atoms with Crippen molar-refractivity contribution in [3.8, 4) is 5.75 Å². The number of ether oxygens (including phenoxy) is 1. The summed E-state index contributed by atoms with van der Waals surface area (Å²) in [7, 11) is 3.12. The summed E-state index contributed by atoms with van der Waals surface area (Å²) in [5.41, 5.74) is 1.61. The lowest BCUT2D eigenvalue weighted by atomic mass is 9.58. The summed E-state index contributed by atoms with van der Waals surface area (Å²) in [5, 5.41) is 44.5. The van der Waals surface area contributed by atoms with E-state index in [0.29, 0.717) is 6.54 Å². The molecule has 6 N–H and O–H groups in total. The van der Waals surface area contributed by atoms with E-state index in [2.05, 4.69) is 4.90 Å². The summed E-state index contributed by atoms with van der Waals surface area (Å²) in [6.45, 7) is 2.62. The van der Waals surface area contributed by atoms with Crippen LogP contribution in [0.3, 0.4) is 0 Å². The summed E-state index contributed by atoms with van der Waals surface area (Å²) < 4.78 is 5.53. The number of carbonyl (C=O) groups excluding carboxylic acids is 4. The molecule has 3 aliphatic carbocycles. The van der Waals surface area contributed by atoms with Crippen LogP contribution >= 0.6 is 0 Å². The number of phenolic OH excluding ortho intramolecular Hbond substituents is 1. The maximum Gasteiger partial charge on any atom is 0.338 e. The van der Waals surface area contributed by atoms with Crippen LogP contribution < -0.4 is 5.73 Å². The van der Waals surface area contributed by atoms with Crippen LogP contribution in [0, 0.1) is 11.8 Å². The van der Waals surface area contributed by atoms with Crippen LogP contribution in [0.2, 0.25) is 0 Å². The molecule has 12 nitrogen and oxygen atoms in total. The predicted molar refractivity (Wildman–Crippen MR) is 144 cm³/mol. The number of hydrogen-bond donors (Lipinski definition) is 5. The quantitative estimate of drug-likeness (QED) is 0.240. The molecule has 1 amide bonds. The number of ketones is 2. The number of aromatic hydroxyl groups is 1. The number of hydrogen-bond acceptors (Lipinski definition) is 11. The van der Waals surface area contributed by atoms with Gasteiger partial charge in [0.1, 0.15) is 29.4 Å². The van der Waals surface area contributed by atoms with Gasteiger partial charge < -0.3 is 30.9 Å². The van der Waals surface area contributed by atoms with Crippen LogP contribution in [0.15, 0.2) is 34.8 Å². The van der Waals surface area contributed by atoms with E-state index < -0.39 is 69.8 Å². The smallest absolute Gasteiger partial charge is 0.338 e. The minimum absolute atomic E-state index is 0.0134. The first-order valence-electron chi connectivity index (χ1n) is 13.8. The highest BCUT2D eigenvalue weighted by Crippen LogP contribution is 2.52. The Labute approximate surface area is 236 Å². The van der Waals surface area contributed by atoms with E-state index in [0.717, 1.165) is 25.9 Å². The molecule has 4 aliphatic rings. The van der Waals surface area contributed by atoms with E-state index in [4.69, 9.17) is 10.5 Å². The summed E-state index contributed by atoms with van der Waals surface area (Å²) >= 11 is 0. The van der Waals surface area contributed by atoms with E-state index in [9.17, 15) is 39.6 Å². The molecule has 12 heteroatoms. The molecule has 0 bridgehead atoms. The van der Waals surface area contributed by atoms with Crippen molar-refractivity contribution in [1.29, 1.82) is 0 Å². The lowest BCUT2D eigenvalue weighted by Gasteiger charge is -2.50. The SMILES string of the molecule is CN(C)[C@@H]1C(O)=C(C(N)=O)C(=O)[C@@]2(O)C(O)=C3C(=O)c4c(O)ccc(C(=O)OCCN5CCCCC5)c4C[C@H]3C[C@@H]12. The number of piperidine rings is 1. The second-order valence-corrected chi connectivity index (χ2v) is 11.5. The topological polar surface area (TPSA) is 191 Å². The zero-order valence-electron chi connectivity index (χ0n) is 23.1. The number of aliphatic hydroxyl groups is 3. The number of allylic oxidation sites excluding steroid dienone is 1. The Morgan fingerprint density at radius 1 is 1.12 bits per heavy atom. The zero-order valence-corrected chi connectivity index (χ0v) is 23.1. The van der Waals surface area contributed by atoms with Gasteiger partial charge in [-0.15, -0.1) is 0 Å². The number of likely N-dealkylation sites (tertiary alicyclic amines) is 1. The van der Waals surface area contributed by atoms with Gasteiger partial charge in [0.2, 0.25) is 5.78 Å². The lowest BCUT2D eigenvalue weighted by Crippen LogP contribution is -2.63. The first-order valence-corrected chi connectivity index (χ1v) is 13.8. The van der Waals surface area contributed by atoms with E-state index in [-0.39, 0.29) is 41.7 Å². The summed E-state index contributed by atoms with van der Waals surface area (Å²) in [4.78, 5) is 56.1. The summed E-state index contributed by atoms with van der Waals surface area (Å²) in [6, 6.07) is 1.48. The molecule has 220 valence electrons. The van der Waals surface area contributed by atoms with Crippen LogP contribution in [0.1, 0.15) is 52.0 Å². The third-order valence-corrected chi connectivity index (χ3v) is 8.92. The van der Waals surface area contributed by atoms with Crippen LogP contribution in [0.5, 0.6) is 5.75 Å². The second-order valence-electron chi connectivity index (χ2n) is 11.5. The minimum Gasteiger partial charge on any atom is -0.510 e. The largest absolute Gasteiger partial charge is 0.510 e. The normalized spacial score (nSPS) is 28.3. The number of aliphatic hydroxyl groups excluding tert-OH is 2. The fraction of sp³-hybridized carbons (Fsp3) is 0.517. The van der Waals surface area contributed by atoms with Crippen molar-refractivity contribution >= 4 is 23.4 Å². The number of likely N-dealkylation sites (N-methyl/N-ethyl adjacent to an activating group) is 1. The van der Waals surface area contributed by atoms with Crippen LogP contribution in [0.25, 0.3) is 0 Å². The lowest BCUT2D eigenvalue weighted by molar-refractivity contribution is -0.148. The molecule has 1 aromatic carbocycles. The van der Waals surface area contributed by atoms with Crippen molar-refractivity contribution in [3.63, 3.8) is 0 Å². The van der Waals surface area contributed by atoms with Crippen LogP contribution in [0.4, 0.5) is 0 Å². The molecule has 0 radical (unpaired) electrons. The fourth-order valence-corrected chi connectivity index (χ4v) is 6.97. The molecule has 0 unspecified atom stereocenters. The highest BCUT2D eigenvalue weighted by Gasteiger charge is 2.63. The van der Waals surface area contributed by atoms with E-state index in [1.54, 1.807) is 14.1 Å². The number of nitrogens with zero attached hydrogens (tertiary/aromatic N) is 2. The Bertz CT molecular complexity index is 1390. The van der Waals surface area contributed by atoms with Crippen LogP contribution in [-0.2, 0) is 20.7 Å². The number of rotatable bonds is 6. The Morgan fingerprint density at radius 2 is 1.80 bits per heavy atom. The summed E-state index contributed by atoms with van der Waals surface area (Å²) in [6.07, 6.45) is 3.32. The third-order valence-electron chi connectivity index (χ3n) is 8.92. The number of esters is 1. The van der Waals surface area contributed by atoms with Crippen molar-refractivity contribution in [2.45, 2.75) is 43.7 Å². The third kappa shape index (κ3) is 4.50. The number of amides is 1. The molecule has 41 heavy (non-hydrogen) atoms. The average molecular weight is 570 g/mol. The van der Waals surface area contributed by atoms with Crippen LogP contribution in [-0.4, -0.2) is 106 Å². The highest BCUT2D eigenvalue weighted by molar-refractivity contribution is 6.25. The molecule has 1 fully saturated rings. The van der Waals surface area contributed by atoms with Crippen molar-refractivity contribution < 1.29 is 44.3 Å². The van der Waals surface area contributed by atoms with Gasteiger partial charge >= 0.3 is 5.97 Å². The molecule has 1 heterocycles. The Morgan fingerprint density at radius 3 is 2.44 bits per heavy atom. The average Bonchev–Trinajstić information content (AvgIpc) is 2.91. The van der Waals surface area contributed by atoms with Gasteiger partial charge in [0.15, 0.2) is 11.4 Å². The predicted octanol–water partition coefficient (Wildman–Crippen LogP) is 0.763. The molecule has 0 aromatic heterocycles. The molecule has 1 aromatic rings. The molecule has 1 aliphatic heterocycles. The second kappa shape index (κ2) is 10.6. The first kappa shape index (κ1) is 28.8. The van der Waals surface area contributed by atoms with Gasteiger partial charge in [-0.25, -0.2) is 4.79 Å². The Hall–Kier alpha value is -3.74. The number of carbonyl (C=O) groups is 4. The molecule has 1 saturated heterocycles. The number of Topliss-reactive ketones (excluding diaryl/α,β-unsaturated/α-hetero) is 2. The number of phenols is 1. The minimum atomic E-state index is -2.72. The van der Waals surface area contributed by atoms with Crippen molar-refractivity contribution in [2.24, 2.45) is 17.6 Å². The van der Waals surface area contributed by atoms with Gasteiger partial charge in [-0.3, -0.25) is 24.2 Å². The number of primary amides is 1. The maximum absolute atomic E-state index is 13.8. The van der Waals surface area contributed by atoms with Gasteiger partial charge in [-0.05, 0) is 76.5 Å². The van der Waals surface area contributed by atoms with Gasteiger partial charge in [0.25, 0.3) is 5.91 Å². The molecule has 4 atom stereocenters. The standard InChI is InChI=1S/C29H35N3O9/c1-31(2)22-17-13-14-12-16-15(28(39)41-11-10-32-8-4-3-5-9-32)6-7-18(33)20(16)23(34)19(14)25(36)29(17,40)26(37)21(24(22)35)27(30)38/h6-7,14,17,22,33,35-36,40H,3-5,8-13H2,1-2H3,(H2,30,38)/t14-,17-,22-,29-/m0/s1. The van der Waals surface area contributed by atoms with E-state index in [1.807, 2.05) is 0 Å². The van der Waals surface area contributed by atoms with Gasteiger partial charge in [-0.1, -0.05) is 6.42 Å². The molecule has 0 saturated carbocycles. The summed E-state index contributed by atoms with van der Waals surface area (Å²) in [5.74, 6) is -8.04. The number of nitrogens with two attached hydrogens (primary N) is 1. The van der Waals surface area contributed by atoms with E-state index in [1.165, 1.54) is 23.5 Å². The van der Waals surface area contributed by atoms with E-state index >= 15 is 0 Å². The Kier molecular flexibility index (Phi) is 7.43. The monoisotopic (exact) mass is 569 g/mol. The van der Waals surface area contributed by atoms with Gasteiger partial charge in [0.05, 0.1) is 17.2 Å². The fourth-order valence-electron chi connectivity index (χ4n) is 6.97. The van der Waals surface area contributed by atoms with Gasteiger partial charge in [-0.2, -0.15) is 0 Å². The molecule has 0 spiro atoms. The highest BCUT2D eigenvalue weighted by atomic mass is 16.5. The maximum atomic E-state index is 13.8. The Balaban J connectivity index is 1.52. The molecular weight excluding hydrogens is 534 g/mol. The van der Waals surface area contributed by atoms with Crippen molar-refractivity contribution in [3.05, 3.63) is 51.5 Å². The van der Waals surface area contributed by atoms with Crippen molar-refractivity contribution in [1.82, 2.24) is 9.80 Å². The zero-order chi connectivity index (χ0) is 29.8. The van der Waals surface area contributed by atoms with Gasteiger partial charge in [0, 0.05) is 18.0 Å². The number of benzene rings is 1. The number of fused-ring (bicyclic) bond motifs is 3. The molecular formula is C29H35N3O9. The van der Waals surface area contributed by atoms with Crippen molar-refractivity contribution in [2.75, 3.05) is 40.3 Å². The first-order chi connectivity index (χ1) is 19.4. The molecule has 5 rings (SSSR count).